The highest BCUT2D eigenvalue weighted by Crippen LogP contribution is 2.41. The maximum absolute atomic E-state index is 6.28. The van der Waals surface area contributed by atoms with Crippen molar-refractivity contribution in [3.63, 3.8) is 0 Å². The molecule has 0 spiro atoms. The molecule has 3 nitrogen and oxygen atoms in total. The molecular formula is C68H44N2O. The minimum Gasteiger partial charge on any atom is -0.456 e. The summed E-state index contributed by atoms with van der Waals surface area (Å²) >= 11 is 0. The van der Waals surface area contributed by atoms with Crippen molar-refractivity contribution < 1.29 is 4.42 Å². The Balaban J connectivity index is 0.800. The molecule has 14 rings (SSSR count). The maximum atomic E-state index is 6.28. The highest BCUT2D eigenvalue weighted by atomic mass is 16.3. The molecule has 0 saturated carbocycles. The van der Waals surface area contributed by atoms with Gasteiger partial charge in [-0.05, 0) is 151 Å². The van der Waals surface area contributed by atoms with E-state index in [4.69, 9.17) is 4.42 Å². The molecule has 12 aromatic carbocycles. The third-order valence-corrected chi connectivity index (χ3v) is 14.4. The van der Waals surface area contributed by atoms with Crippen LogP contribution in [0.1, 0.15) is 0 Å². The molecule has 0 fully saturated rings. The Morgan fingerprint density at radius 1 is 0.268 bits per heavy atom. The number of anilines is 3. The van der Waals surface area contributed by atoms with Gasteiger partial charge in [-0.25, -0.2) is 0 Å². The lowest BCUT2D eigenvalue weighted by Gasteiger charge is -2.26. The molecule has 332 valence electrons. The molecule has 0 aliphatic heterocycles. The first-order valence-corrected chi connectivity index (χ1v) is 24.3. The number of para-hydroxylation sites is 3. The monoisotopic (exact) mass is 904 g/mol. The van der Waals surface area contributed by atoms with Crippen LogP contribution in [-0.2, 0) is 0 Å². The minimum atomic E-state index is 0.896. The first-order chi connectivity index (χ1) is 35.2. The summed E-state index contributed by atoms with van der Waals surface area (Å²) in [6.45, 7) is 0. The van der Waals surface area contributed by atoms with Crippen LogP contribution in [0, 0.1) is 0 Å². The summed E-state index contributed by atoms with van der Waals surface area (Å²) in [5.41, 5.74) is 18.0. The highest BCUT2D eigenvalue weighted by Gasteiger charge is 2.17. The van der Waals surface area contributed by atoms with Crippen LogP contribution < -0.4 is 4.90 Å². The summed E-state index contributed by atoms with van der Waals surface area (Å²) in [6.07, 6.45) is 0. The van der Waals surface area contributed by atoms with Gasteiger partial charge >= 0.3 is 0 Å². The molecule has 0 bridgehead atoms. The molecule has 0 aliphatic rings. The number of hydrogen-bond donors (Lipinski definition) is 0. The van der Waals surface area contributed by atoms with E-state index in [-0.39, 0.29) is 0 Å². The molecule has 0 N–H and O–H groups in total. The van der Waals surface area contributed by atoms with E-state index < -0.39 is 0 Å². The summed E-state index contributed by atoms with van der Waals surface area (Å²) < 4.78 is 8.66. The molecule has 14 aromatic rings. The summed E-state index contributed by atoms with van der Waals surface area (Å²) in [5, 5.41) is 9.84. The van der Waals surface area contributed by atoms with Gasteiger partial charge in [0, 0.05) is 44.3 Å². The number of aromatic nitrogens is 1. The summed E-state index contributed by atoms with van der Waals surface area (Å²) in [5.74, 6) is 0. The van der Waals surface area contributed by atoms with E-state index in [0.717, 1.165) is 61.4 Å². The smallest absolute Gasteiger partial charge is 0.136 e. The van der Waals surface area contributed by atoms with E-state index in [1.807, 2.05) is 12.1 Å². The molecule has 3 heteroatoms. The van der Waals surface area contributed by atoms with Crippen LogP contribution in [0.4, 0.5) is 17.1 Å². The lowest BCUT2D eigenvalue weighted by atomic mass is 9.93. The second-order valence-corrected chi connectivity index (χ2v) is 18.5. The first kappa shape index (κ1) is 40.6. The molecule has 0 saturated heterocycles. The zero-order valence-corrected chi connectivity index (χ0v) is 38.7. The Labute approximate surface area is 411 Å². The van der Waals surface area contributed by atoms with Gasteiger partial charge in [-0.3, -0.25) is 0 Å². The van der Waals surface area contributed by atoms with Gasteiger partial charge in [-0.2, -0.15) is 0 Å². The van der Waals surface area contributed by atoms with Crippen molar-refractivity contribution in [1.82, 2.24) is 4.57 Å². The molecule has 0 unspecified atom stereocenters. The molecule has 2 heterocycles. The maximum Gasteiger partial charge on any atom is 0.136 e. The Morgan fingerprint density at radius 2 is 0.718 bits per heavy atom. The lowest BCUT2D eigenvalue weighted by molar-refractivity contribution is 0.669. The van der Waals surface area contributed by atoms with Gasteiger partial charge in [-0.15, -0.1) is 0 Å². The van der Waals surface area contributed by atoms with Crippen LogP contribution in [0.2, 0.25) is 0 Å². The van der Waals surface area contributed by atoms with Gasteiger partial charge in [0.05, 0.1) is 11.0 Å². The molecule has 0 atom stereocenters. The van der Waals surface area contributed by atoms with Gasteiger partial charge in [0.25, 0.3) is 0 Å². The van der Waals surface area contributed by atoms with Crippen molar-refractivity contribution in [3.8, 4) is 50.2 Å². The molecule has 2 aromatic heterocycles. The van der Waals surface area contributed by atoms with E-state index in [2.05, 4.69) is 264 Å². The van der Waals surface area contributed by atoms with E-state index in [0.29, 0.717) is 0 Å². The number of rotatable bonds is 8. The molecular weight excluding hydrogens is 861 g/mol. The Morgan fingerprint density at radius 3 is 1.35 bits per heavy atom. The quantitative estimate of drug-likeness (QED) is 0.142. The molecule has 0 aliphatic carbocycles. The summed E-state index contributed by atoms with van der Waals surface area (Å²) in [6, 6.07) is 96.7. The predicted molar refractivity (Wildman–Crippen MR) is 299 cm³/mol. The van der Waals surface area contributed by atoms with E-state index in [9.17, 15) is 0 Å². The van der Waals surface area contributed by atoms with Crippen LogP contribution in [0.25, 0.3) is 115 Å². The van der Waals surface area contributed by atoms with E-state index in [1.165, 1.54) is 71.2 Å². The van der Waals surface area contributed by atoms with E-state index in [1.54, 1.807) is 0 Å². The number of furan rings is 1. The van der Waals surface area contributed by atoms with Crippen LogP contribution in [-0.4, -0.2) is 4.57 Å². The average molecular weight is 905 g/mol. The van der Waals surface area contributed by atoms with Gasteiger partial charge in [0.15, 0.2) is 0 Å². The fourth-order valence-corrected chi connectivity index (χ4v) is 10.9. The fourth-order valence-electron chi connectivity index (χ4n) is 10.9. The number of hydrogen-bond acceptors (Lipinski definition) is 2. The first-order valence-electron chi connectivity index (χ1n) is 24.3. The SMILES string of the molecule is c1cc(-c2ccc(-c3ccc(N(c4ccc(-c5ccc6c(c5)oc5ccccc56)cc4)c4ccc(-c5cc6ccccc6c6ccccc56)cc4)cc3)cc2)cc(-n2c3ccccc3c3ccccc32)c1. The molecule has 71 heavy (non-hydrogen) atoms. The Hall–Kier alpha value is -9.44. The van der Waals surface area contributed by atoms with Gasteiger partial charge < -0.3 is 13.9 Å². The second-order valence-electron chi connectivity index (χ2n) is 18.5. The second kappa shape index (κ2) is 16.7. The molecule has 0 radical (unpaired) electrons. The van der Waals surface area contributed by atoms with Crippen LogP contribution in [0.5, 0.6) is 0 Å². The lowest BCUT2D eigenvalue weighted by Crippen LogP contribution is -2.09. The molecule has 0 amide bonds. The van der Waals surface area contributed by atoms with Gasteiger partial charge in [0.2, 0.25) is 0 Å². The van der Waals surface area contributed by atoms with Crippen molar-refractivity contribution in [2.24, 2.45) is 0 Å². The van der Waals surface area contributed by atoms with Crippen molar-refractivity contribution in [2.75, 3.05) is 4.90 Å². The topological polar surface area (TPSA) is 21.3 Å². The normalized spacial score (nSPS) is 11.7. The number of benzene rings is 12. The van der Waals surface area contributed by atoms with Crippen molar-refractivity contribution in [3.05, 3.63) is 267 Å². The van der Waals surface area contributed by atoms with Crippen molar-refractivity contribution >= 4 is 82.4 Å². The average Bonchev–Trinajstić information content (AvgIpc) is 3.99. The van der Waals surface area contributed by atoms with Crippen LogP contribution in [0.15, 0.2) is 271 Å². The standard InChI is InChI=1S/C68H44N2O/c1-2-15-57-52(12-1)43-64(59-17-4-3-16-58(57)59)49-32-39-55(40-33-49)69(54-37-30-48(31-38-54)51-34-41-63-62-20-7-10-23-67(62)71-68(63)44-51)53-35-28-46(29-36-53)45-24-26-47(27-25-45)50-13-11-14-56(42-50)70-65-21-8-5-18-60(65)61-19-6-9-22-66(61)70/h1-44H. The van der Waals surface area contributed by atoms with Gasteiger partial charge in [-0.1, -0.05) is 182 Å². The van der Waals surface area contributed by atoms with Crippen molar-refractivity contribution in [2.45, 2.75) is 0 Å². The third-order valence-electron chi connectivity index (χ3n) is 14.4. The number of nitrogens with zero attached hydrogens (tertiary/aromatic N) is 2. The van der Waals surface area contributed by atoms with Crippen LogP contribution in [0.3, 0.4) is 0 Å². The predicted octanol–water partition coefficient (Wildman–Crippen LogP) is 19.1. The fraction of sp³-hybridized carbons (Fsp3) is 0. The zero-order valence-electron chi connectivity index (χ0n) is 38.7. The Bertz CT molecular complexity index is 4260. The summed E-state index contributed by atoms with van der Waals surface area (Å²) in [7, 11) is 0. The van der Waals surface area contributed by atoms with Crippen molar-refractivity contribution in [1.29, 1.82) is 0 Å². The minimum absolute atomic E-state index is 0.896. The third kappa shape index (κ3) is 6.97. The zero-order chi connectivity index (χ0) is 46.8. The highest BCUT2D eigenvalue weighted by molar-refractivity contribution is 6.14. The van der Waals surface area contributed by atoms with Crippen LogP contribution >= 0.6 is 0 Å². The largest absolute Gasteiger partial charge is 0.456 e. The van der Waals surface area contributed by atoms with Gasteiger partial charge in [0.1, 0.15) is 11.2 Å². The Kier molecular flexibility index (Phi) is 9.53. The number of fused-ring (bicyclic) bond motifs is 9. The van der Waals surface area contributed by atoms with E-state index >= 15 is 0 Å². The summed E-state index contributed by atoms with van der Waals surface area (Å²) in [4.78, 5) is 2.35.